The molecular formula is C33H34N4O5. The average Bonchev–Trinajstić information content (AvgIpc) is 3.53. The fourth-order valence-corrected chi connectivity index (χ4v) is 5.71. The molecule has 3 heterocycles. The van der Waals surface area contributed by atoms with Crippen molar-refractivity contribution in [3.63, 3.8) is 0 Å². The van der Waals surface area contributed by atoms with Crippen molar-refractivity contribution in [3.05, 3.63) is 94.9 Å². The Balaban J connectivity index is 1.34. The number of benzene rings is 3. The first-order chi connectivity index (χ1) is 20.2. The first-order valence-electron chi connectivity index (χ1n) is 14.1. The number of fused-ring (bicyclic) bond motifs is 2. The van der Waals surface area contributed by atoms with E-state index in [4.69, 9.17) is 9.47 Å². The van der Waals surface area contributed by atoms with Crippen molar-refractivity contribution >= 4 is 28.9 Å². The fraction of sp³-hybridized carbons (Fsp3) is 0.303. The zero-order valence-corrected chi connectivity index (χ0v) is 24.0. The Morgan fingerprint density at radius 1 is 1.10 bits per heavy atom. The van der Waals surface area contributed by atoms with Crippen LogP contribution < -0.4 is 9.47 Å². The predicted octanol–water partition coefficient (Wildman–Crippen LogP) is 5.97. The van der Waals surface area contributed by atoms with Crippen LogP contribution in [0.15, 0.2) is 72.5 Å². The molecule has 2 aliphatic heterocycles. The highest BCUT2D eigenvalue weighted by Gasteiger charge is 2.39. The summed E-state index contributed by atoms with van der Waals surface area (Å²) in [5.74, 6) is 1.10. The molecule has 0 saturated carbocycles. The van der Waals surface area contributed by atoms with Crippen LogP contribution >= 0.6 is 0 Å². The molecule has 6 rings (SSSR count). The summed E-state index contributed by atoms with van der Waals surface area (Å²) in [5, 5.41) is 18.1. The number of rotatable bonds is 6. The summed E-state index contributed by atoms with van der Waals surface area (Å²) in [4.78, 5) is 29.3. The average molecular weight is 567 g/mol. The third-order valence-electron chi connectivity index (χ3n) is 7.99. The number of carbonyl (C=O) groups excluding carboxylic acids is 1. The molecule has 42 heavy (non-hydrogen) atoms. The molecule has 1 saturated heterocycles. The standard InChI is InChI=1S/C33H34N4O5/c1-33(2,3)29-19-36(15-16-37(29)32(39)40)18-24-27(41-20-21-9-5-4-6-10-21)14-13-23-30(38)28(42-31(23)24)17-26-22-11-7-8-12-25(22)34-35-26/h4-14,17,29H,15-16,18-20H2,1-3H3,(H,34,35)(H,39,40). The number of aromatic amines is 1. The monoisotopic (exact) mass is 566 g/mol. The smallest absolute Gasteiger partial charge is 0.407 e. The number of hydrogen-bond acceptors (Lipinski definition) is 6. The Morgan fingerprint density at radius 3 is 2.62 bits per heavy atom. The Bertz CT molecular complexity index is 1670. The topological polar surface area (TPSA) is 108 Å². The summed E-state index contributed by atoms with van der Waals surface area (Å²) in [5.41, 5.74) is 3.51. The summed E-state index contributed by atoms with van der Waals surface area (Å²) in [6.45, 7) is 8.48. The van der Waals surface area contributed by atoms with Gasteiger partial charge in [0.05, 0.1) is 28.4 Å². The lowest BCUT2D eigenvalue weighted by Gasteiger charge is -2.46. The molecule has 1 aromatic heterocycles. The summed E-state index contributed by atoms with van der Waals surface area (Å²) in [6.07, 6.45) is 0.771. The fourth-order valence-electron chi connectivity index (χ4n) is 5.71. The second-order valence-corrected chi connectivity index (χ2v) is 11.9. The van der Waals surface area contributed by atoms with E-state index >= 15 is 0 Å². The zero-order chi connectivity index (χ0) is 29.4. The van der Waals surface area contributed by atoms with E-state index in [9.17, 15) is 14.7 Å². The van der Waals surface area contributed by atoms with Gasteiger partial charge in [-0.05, 0) is 29.2 Å². The van der Waals surface area contributed by atoms with Crippen LogP contribution in [0, 0.1) is 5.41 Å². The Hall–Kier alpha value is -4.63. The molecule has 0 radical (unpaired) electrons. The van der Waals surface area contributed by atoms with Crippen molar-refractivity contribution in [1.29, 1.82) is 0 Å². The number of aromatic nitrogens is 2. The lowest BCUT2D eigenvalue weighted by atomic mass is 9.84. The number of para-hydroxylation sites is 1. The number of carboxylic acid groups (broad SMARTS) is 1. The van der Waals surface area contributed by atoms with Crippen molar-refractivity contribution < 1.29 is 24.2 Å². The highest BCUT2D eigenvalue weighted by molar-refractivity contribution is 6.15. The molecule has 1 amide bonds. The first-order valence-corrected chi connectivity index (χ1v) is 14.1. The molecule has 0 aliphatic carbocycles. The van der Waals surface area contributed by atoms with Crippen LogP contribution in [-0.2, 0) is 13.2 Å². The normalized spacial score (nSPS) is 18.4. The molecule has 3 aromatic carbocycles. The van der Waals surface area contributed by atoms with E-state index in [1.165, 1.54) is 4.90 Å². The molecular weight excluding hydrogens is 532 g/mol. The number of ketones is 1. The van der Waals surface area contributed by atoms with Gasteiger partial charge in [0.2, 0.25) is 5.78 Å². The van der Waals surface area contributed by atoms with Crippen LogP contribution in [0.1, 0.15) is 48.0 Å². The number of H-pyrrole nitrogens is 1. The summed E-state index contributed by atoms with van der Waals surface area (Å²) in [6, 6.07) is 21.0. The molecule has 1 atom stereocenters. The maximum Gasteiger partial charge on any atom is 0.407 e. The Kier molecular flexibility index (Phi) is 7.20. The molecule has 0 spiro atoms. The molecule has 2 aliphatic rings. The lowest BCUT2D eigenvalue weighted by molar-refractivity contribution is 0.0185. The molecule has 4 aromatic rings. The minimum absolute atomic E-state index is 0.194. The van der Waals surface area contributed by atoms with Crippen LogP contribution in [0.25, 0.3) is 17.0 Å². The third kappa shape index (κ3) is 5.35. The van der Waals surface area contributed by atoms with Crippen LogP contribution in [0.5, 0.6) is 11.5 Å². The third-order valence-corrected chi connectivity index (χ3v) is 7.99. The van der Waals surface area contributed by atoms with Crippen LogP contribution in [0.3, 0.4) is 0 Å². The van der Waals surface area contributed by atoms with Crippen molar-refractivity contribution in [1.82, 2.24) is 20.0 Å². The number of Topliss-reactive ketones (excluding diaryl/α,β-unsaturated/α-hetero) is 1. The molecule has 1 fully saturated rings. The van der Waals surface area contributed by atoms with Gasteiger partial charge in [-0.1, -0.05) is 69.3 Å². The molecule has 216 valence electrons. The molecule has 9 nitrogen and oxygen atoms in total. The minimum Gasteiger partial charge on any atom is -0.488 e. The highest BCUT2D eigenvalue weighted by Crippen LogP contribution is 2.42. The van der Waals surface area contributed by atoms with E-state index in [0.29, 0.717) is 55.5 Å². The SMILES string of the molecule is CC(C)(C)C1CN(Cc2c(OCc3ccccc3)ccc3c2OC(=Cc2n[nH]c4ccccc24)C3=O)CCN1C(=O)O. The van der Waals surface area contributed by atoms with E-state index < -0.39 is 6.09 Å². The molecule has 2 N–H and O–H groups in total. The van der Waals surface area contributed by atoms with E-state index in [2.05, 4.69) is 35.9 Å². The number of amides is 1. The van der Waals surface area contributed by atoms with Gasteiger partial charge < -0.3 is 19.5 Å². The largest absolute Gasteiger partial charge is 0.488 e. The highest BCUT2D eigenvalue weighted by atomic mass is 16.5. The van der Waals surface area contributed by atoms with Gasteiger partial charge in [-0.25, -0.2) is 4.79 Å². The summed E-state index contributed by atoms with van der Waals surface area (Å²) < 4.78 is 12.6. The Labute approximate surface area is 244 Å². The number of allylic oxidation sites excluding steroid dienone is 1. The van der Waals surface area contributed by atoms with Crippen LogP contribution in [0.4, 0.5) is 4.79 Å². The van der Waals surface area contributed by atoms with Crippen molar-refractivity contribution in [2.45, 2.75) is 40.0 Å². The number of nitrogens with one attached hydrogen (secondary N) is 1. The van der Waals surface area contributed by atoms with Gasteiger partial charge in [0.15, 0.2) is 5.76 Å². The van der Waals surface area contributed by atoms with Gasteiger partial charge >= 0.3 is 6.09 Å². The lowest BCUT2D eigenvalue weighted by Crippen LogP contribution is -2.59. The van der Waals surface area contributed by atoms with E-state index in [-0.39, 0.29) is 23.0 Å². The minimum atomic E-state index is -0.906. The van der Waals surface area contributed by atoms with Gasteiger partial charge in [-0.15, -0.1) is 0 Å². The van der Waals surface area contributed by atoms with Crippen molar-refractivity contribution in [2.24, 2.45) is 5.41 Å². The zero-order valence-electron chi connectivity index (χ0n) is 24.0. The van der Waals surface area contributed by atoms with Gasteiger partial charge in [0.25, 0.3) is 0 Å². The second kappa shape index (κ2) is 11.0. The quantitative estimate of drug-likeness (QED) is 0.277. The second-order valence-electron chi connectivity index (χ2n) is 11.9. The number of carbonyl (C=O) groups is 2. The molecule has 9 heteroatoms. The van der Waals surface area contributed by atoms with Gasteiger partial charge in [-0.2, -0.15) is 5.10 Å². The number of hydrogen-bond donors (Lipinski definition) is 2. The van der Waals surface area contributed by atoms with Gasteiger partial charge in [0.1, 0.15) is 18.1 Å². The summed E-state index contributed by atoms with van der Waals surface area (Å²) >= 11 is 0. The van der Waals surface area contributed by atoms with Crippen molar-refractivity contribution in [2.75, 3.05) is 19.6 Å². The molecule has 0 bridgehead atoms. The van der Waals surface area contributed by atoms with Crippen LogP contribution in [-0.4, -0.2) is 62.7 Å². The predicted molar refractivity (Wildman–Crippen MR) is 159 cm³/mol. The number of ether oxygens (including phenoxy) is 2. The van der Waals surface area contributed by atoms with Crippen molar-refractivity contribution in [3.8, 4) is 11.5 Å². The van der Waals surface area contributed by atoms with Gasteiger partial charge in [0, 0.05) is 37.6 Å². The first kappa shape index (κ1) is 27.5. The van der Waals surface area contributed by atoms with E-state index in [0.717, 1.165) is 22.0 Å². The van der Waals surface area contributed by atoms with Gasteiger partial charge in [-0.3, -0.25) is 14.8 Å². The summed E-state index contributed by atoms with van der Waals surface area (Å²) in [7, 11) is 0. The Morgan fingerprint density at radius 2 is 1.86 bits per heavy atom. The maximum atomic E-state index is 13.5. The maximum absolute atomic E-state index is 13.5. The number of piperazine rings is 1. The van der Waals surface area contributed by atoms with E-state index in [1.54, 1.807) is 12.1 Å². The van der Waals surface area contributed by atoms with Crippen LogP contribution in [0.2, 0.25) is 0 Å². The molecule has 1 unspecified atom stereocenters. The number of nitrogens with zero attached hydrogens (tertiary/aromatic N) is 3. The van der Waals surface area contributed by atoms with E-state index in [1.807, 2.05) is 60.7 Å².